The molecular weight excluding hydrogens is 390 g/mol. The number of rotatable bonds is 5. The maximum Gasteiger partial charge on any atom is 0.226 e. The number of nitrogens with one attached hydrogen (secondary N) is 2. The number of nitrogens with zero attached hydrogens (tertiary/aromatic N) is 1. The van der Waals surface area contributed by atoms with E-state index in [1.165, 1.54) is 0 Å². The summed E-state index contributed by atoms with van der Waals surface area (Å²) in [5.74, 6) is 2.48. The Morgan fingerprint density at radius 1 is 0.935 bits per heavy atom. The molecule has 1 aliphatic rings. The average molecular weight is 411 g/mol. The van der Waals surface area contributed by atoms with Crippen LogP contribution >= 0.6 is 0 Å². The van der Waals surface area contributed by atoms with Crippen LogP contribution in [-0.2, 0) is 4.79 Å². The highest BCUT2D eigenvalue weighted by molar-refractivity contribution is 5.94. The molecule has 0 spiro atoms. The van der Waals surface area contributed by atoms with Crippen molar-refractivity contribution in [2.45, 2.75) is 12.3 Å². The topological polar surface area (TPSA) is 76.2 Å². The molecule has 0 saturated heterocycles. The Hall–Kier alpha value is -4.06. The van der Waals surface area contributed by atoms with Gasteiger partial charge in [-0.1, -0.05) is 54.6 Å². The van der Waals surface area contributed by atoms with Crippen molar-refractivity contribution in [1.29, 1.82) is 0 Å². The van der Waals surface area contributed by atoms with Crippen LogP contribution in [0.3, 0.4) is 0 Å². The van der Waals surface area contributed by atoms with Crippen molar-refractivity contribution in [3.63, 3.8) is 0 Å². The molecule has 2 heterocycles. The summed E-state index contributed by atoms with van der Waals surface area (Å²) >= 11 is 0. The zero-order valence-corrected chi connectivity index (χ0v) is 17.0. The second-order valence-corrected chi connectivity index (χ2v) is 7.38. The van der Waals surface area contributed by atoms with E-state index in [0.717, 1.165) is 28.0 Å². The fourth-order valence-corrected chi connectivity index (χ4v) is 3.96. The lowest BCUT2D eigenvalue weighted by Gasteiger charge is -2.23. The molecule has 0 radical (unpaired) electrons. The number of hydrogen-bond donors (Lipinski definition) is 2. The molecule has 154 valence electrons. The first-order valence-electron chi connectivity index (χ1n) is 10.1. The molecule has 5 rings (SSSR count). The minimum absolute atomic E-state index is 0.0437. The number of aromatic nitrogens is 2. The van der Waals surface area contributed by atoms with Crippen LogP contribution in [0.5, 0.6) is 17.2 Å². The van der Waals surface area contributed by atoms with Crippen LogP contribution in [0.2, 0.25) is 0 Å². The summed E-state index contributed by atoms with van der Waals surface area (Å²) in [4.78, 5) is 12.1. The molecule has 1 atom stereocenters. The van der Waals surface area contributed by atoms with E-state index in [1.54, 1.807) is 13.3 Å². The minimum atomic E-state index is -0.0953. The van der Waals surface area contributed by atoms with Gasteiger partial charge in [-0.15, -0.1) is 0 Å². The van der Waals surface area contributed by atoms with Gasteiger partial charge < -0.3 is 14.8 Å². The molecule has 6 nitrogen and oxygen atoms in total. The van der Waals surface area contributed by atoms with Gasteiger partial charge in [-0.05, 0) is 29.3 Å². The molecule has 31 heavy (non-hydrogen) atoms. The number of H-pyrrole nitrogens is 1. The maximum absolute atomic E-state index is 12.1. The van der Waals surface area contributed by atoms with Crippen LogP contribution in [0.1, 0.15) is 23.5 Å². The number of carbonyl (C=O) groups excluding carboxylic acids is 1. The Bertz CT molecular complexity index is 1230. The molecule has 1 aromatic heterocycles. The minimum Gasteiger partial charge on any atom is -0.493 e. The smallest absolute Gasteiger partial charge is 0.226 e. The summed E-state index contributed by atoms with van der Waals surface area (Å²) in [6, 6.07) is 23.8. The van der Waals surface area contributed by atoms with E-state index in [-0.39, 0.29) is 11.8 Å². The van der Waals surface area contributed by atoms with Crippen LogP contribution < -0.4 is 14.8 Å². The summed E-state index contributed by atoms with van der Waals surface area (Å²) in [7, 11) is 1.62. The van der Waals surface area contributed by atoms with Gasteiger partial charge in [-0.3, -0.25) is 9.89 Å². The predicted molar refractivity (Wildman–Crippen MR) is 119 cm³/mol. The lowest BCUT2D eigenvalue weighted by molar-refractivity contribution is -0.116. The van der Waals surface area contributed by atoms with E-state index in [1.807, 2.05) is 60.7 Å². The number of benzene rings is 3. The SMILES string of the molecule is COc1cc(C2CC(=O)Nc3[nH]ncc32)ccc1Oc1ccccc1-c1ccccc1. The summed E-state index contributed by atoms with van der Waals surface area (Å²) < 4.78 is 11.9. The Labute approximate surface area is 179 Å². The van der Waals surface area contributed by atoms with E-state index < -0.39 is 0 Å². The standard InChI is InChI=1S/C25H21N3O3/c1-30-23-13-17(19-14-24(29)27-25-20(19)15-26-28-25)11-12-22(23)31-21-10-6-5-9-18(21)16-7-3-2-4-8-16/h2-13,15,19H,14H2,1H3,(H2,26,27,28,29). The van der Waals surface area contributed by atoms with E-state index in [2.05, 4.69) is 27.6 Å². The molecule has 2 N–H and O–H groups in total. The molecule has 0 saturated carbocycles. The van der Waals surface area contributed by atoms with Crippen molar-refractivity contribution >= 4 is 11.7 Å². The third kappa shape index (κ3) is 3.64. The van der Waals surface area contributed by atoms with Crippen molar-refractivity contribution in [1.82, 2.24) is 10.2 Å². The zero-order chi connectivity index (χ0) is 21.2. The van der Waals surface area contributed by atoms with E-state index in [4.69, 9.17) is 9.47 Å². The van der Waals surface area contributed by atoms with Crippen molar-refractivity contribution in [3.8, 4) is 28.4 Å². The van der Waals surface area contributed by atoms with E-state index in [9.17, 15) is 4.79 Å². The van der Waals surface area contributed by atoms with Crippen LogP contribution in [-0.4, -0.2) is 23.2 Å². The largest absolute Gasteiger partial charge is 0.493 e. The molecule has 3 aromatic carbocycles. The lowest BCUT2D eigenvalue weighted by atomic mass is 9.87. The van der Waals surface area contributed by atoms with Gasteiger partial charge >= 0.3 is 0 Å². The summed E-state index contributed by atoms with van der Waals surface area (Å²) in [5.41, 5.74) is 4.01. The normalized spacial score (nSPS) is 15.1. The molecule has 4 aromatic rings. The van der Waals surface area contributed by atoms with Gasteiger partial charge in [0.25, 0.3) is 0 Å². The fourth-order valence-electron chi connectivity index (χ4n) is 3.96. The van der Waals surface area contributed by atoms with E-state index >= 15 is 0 Å². The van der Waals surface area contributed by atoms with Crippen molar-refractivity contribution in [2.24, 2.45) is 0 Å². The Morgan fingerprint density at radius 2 is 1.74 bits per heavy atom. The Kier molecular flexibility index (Phi) is 4.88. The number of hydrogen-bond acceptors (Lipinski definition) is 4. The summed E-state index contributed by atoms with van der Waals surface area (Å²) in [5, 5.41) is 9.74. The van der Waals surface area contributed by atoms with Crippen LogP contribution in [0.15, 0.2) is 79.0 Å². The first-order valence-corrected chi connectivity index (χ1v) is 10.1. The summed E-state index contributed by atoms with van der Waals surface area (Å²) in [6.45, 7) is 0. The highest BCUT2D eigenvalue weighted by atomic mass is 16.5. The third-order valence-corrected chi connectivity index (χ3v) is 5.48. The number of amides is 1. The third-order valence-electron chi connectivity index (χ3n) is 5.48. The molecule has 0 fully saturated rings. The van der Waals surface area contributed by atoms with Crippen LogP contribution in [0.25, 0.3) is 11.1 Å². The highest BCUT2D eigenvalue weighted by Crippen LogP contribution is 2.41. The van der Waals surface area contributed by atoms with Crippen molar-refractivity contribution in [3.05, 3.63) is 90.1 Å². The molecular formula is C25H21N3O3. The van der Waals surface area contributed by atoms with Gasteiger partial charge in [0.05, 0.1) is 13.3 Å². The average Bonchev–Trinajstić information content (AvgIpc) is 3.28. The number of aromatic amines is 1. The van der Waals surface area contributed by atoms with Gasteiger partial charge in [0, 0.05) is 23.5 Å². The summed E-state index contributed by atoms with van der Waals surface area (Å²) in [6.07, 6.45) is 2.11. The molecule has 6 heteroatoms. The molecule has 1 unspecified atom stereocenters. The molecule has 0 aliphatic carbocycles. The zero-order valence-electron chi connectivity index (χ0n) is 17.0. The lowest BCUT2D eigenvalue weighted by Crippen LogP contribution is -2.22. The van der Waals surface area contributed by atoms with Gasteiger partial charge in [0.15, 0.2) is 11.5 Å². The maximum atomic E-state index is 12.1. The van der Waals surface area contributed by atoms with Crippen molar-refractivity contribution in [2.75, 3.05) is 12.4 Å². The van der Waals surface area contributed by atoms with Gasteiger partial charge in [-0.2, -0.15) is 5.10 Å². The number of anilines is 1. The highest BCUT2D eigenvalue weighted by Gasteiger charge is 2.28. The second kappa shape index (κ2) is 7.99. The quantitative estimate of drug-likeness (QED) is 0.464. The number of fused-ring (bicyclic) bond motifs is 1. The number of para-hydroxylation sites is 1. The Morgan fingerprint density at radius 3 is 2.58 bits per heavy atom. The van der Waals surface area contributed by atoms with Crippen LogP contribution in [0, 0.1) is 0 Å². The van der Waals surface area contributed by atoms with Gasteiger partial charge in [0.2, 0.25) is 5.91 Å². The first-order chi connectivity index (χ1) is 15.2. The molecule has 1 amide bonds. The van der Waals surface area contributed by atoms with Gasteiger partial charge in [-0.25, -0.2) is 0 Å². The molecule has 1 aliphatic heterocycles. The second-order valence-electron chi connectivity index (χ2n) is 7.38. The van der Waals surface area contributed by atoms with Crippen molar-refractivity contribution < 1.29 is 14.3 Å². The first kappa shape index (κ1) is 18.9. The Balaban J connectivity index is 1.49. The number of carbonyl (C=O) groups is 1. The predicted octanol–water partition coefficient (Wildman–Crippen LogP) is 5.35. The monoisotopic (exact) mass is 411 g/mol. The fraction of sp³-hybridized carbons (Fsp3) is 0.120. The number of ether oxygens (including phenoxy) is 2. The number of methoxy groups -OCH3 is 1. The van der Waals surface area contributed by atoms with Gasteiger partial charge in [0.1, 0.15) is 11.6 Å². The van der Waals surface area contributed by atoms with E-state index in [0.29, 0.717) is 23.7 Å². The van der Waals surface area contributed by atoms with Crippen LogP contribution in [0.4, 0.5) is 5.82 Å². The molecule has 0 bridgehead atoms.